The van der Waals surface area contributed by atoms with Crippen molar-refractivity contribution in [3.05, 3.63) is 23.3 Å². The topological polar surface area (TPSA) is 37.3 Å². The van der Waals surface area contributed by atoms with Gasteiger partial charge in [-0.15, -0.1) is 0 Å². The smallest absolute Gasteiger partial charge is 0.151 e. The Balaban J connectivity index is 1.50. The van der Waals surface area contributed by atoms with Crippen LogP contribution in [0.1, 0.15) is 106 Å². The van der Waals surface area contributed by atoms with Crippen LogP contribution in [0.4, 0.5) is 0 Å². The highest BCUT2D eigenvalue weighted by Gasteiger charge is 2.59. The maximum atomic E-state index is 11.5. The van der Waals surface area contributed by atoms with Gasteiger partial charge in [0.2, 0.25) is 0 Å². The van der Waals surface area contributed by atoms with E-state index >= 15 is 0 Å². The molecule has 4 aliphatic rings. The number of aldehydes is 1. The van der Waals surface area contributed by atoms with Crippen molar-refractivity contribution in [3.8, 4) is 0 Å². The van der Waals surface area contributed by atoms with Gasteiger partial charge in [-0.2, -0.15) is 0 Å². The lowest BCUT2D eigenvalue weighted by Gasteiger charge is -2.59. The van der Waals surface area contributed by atoms with Crippen molar-refractivity contribution >= 4 is 6.29 Å². The molecule has 0 aromatic carbocycles. The number of rotatable bonds is 6. The molecule has 2 nitrogen and oxygen atoms in total. The fourth-order valence-corrected chi connectivity index (χ4v) is 9.11. The summed E-state index contributed by atoms with van der Waals surface area (Å²) in [5, 5.41) is 10.6. The van der Waals surface area contributed by atoms with Gasteiger partial charge in [0.1, 0.15) is 5.60 Å². The molecule has 0 heterocycles. The summed E-state index contributed by atoms with van der Waals surface area (Å²) in [6.07, 6.45) is 17.1. The van der Waals surface area contributed by atoms with Gasteiger partial charge in [-0.25, -0.2) is 0 Å². The van der Waals surface area contributed by atoms with Crippen molar-refractivity contribution in [2.24, 2.45) is 46.3 Å². The summed E-state index contributed by atoms with van der Waals surface area (Å²) in [4.78, 5) is 11.5. The van der Waals surface area contributed by atoms with Gasteiger partial charge in [0.15, 0.2) is 6.29 Å². The minimum absolute atomic E-state index is 0.196. The highest BCUT2D eigenvalue weighted by atomic mass is 16.3. The van der Waals surface area contributed by atoms with Crippen molar-refractivity contribution in [3.63, 3.8) is 0 Å². The van der Waals surface area contributed by atoms with E-state index in [4.69, 9.17) is 0 Å². The van der Waals surface area contributed by atoms with Crippen molar-refractivity contribution in [2.45, 2.75) is 111 Å². The maximum Gasteiger partial charge on any atom is 0.151 e. The molecule has 3 fully saturated rings. The second-order valence-electron chi connectivity index (χ2n) is 12.9. The van der Waals surface area contributed by atoms with Gasteiger partial charge in [-0.1, -0.05) is 57.9 Å². The predicted molar refractivity (Wildman–Crippen MR) is 133 cm³/mol. The van der Waals surface area contributed by atoms with Gasteiger partial charge in [-0.05, 0) is 111 Å². The van der Waals surface area contributed by atoms with Gasteiger partial charge in [-0.3, -0.25) is 0 Å². The molecule has 180 valence electrons. The Morgan fingerprint density at radius 3 is 2.53 bits per heavy atom. The van der Waals surface area contributed by atoms with Gasteiger partial charge in [0, 0.05) is 6.42 Å². The van der Waals surface area contributed by atoms with Crippen LogP contribution in [0.15, 0.2) is 23.3 Å². The van der Waals surface area contributed by atoms with Gasteiger partial charge in [0.25, 0.3) is 0 Å². The van der Waals surface area contributed by atoms with Crippen molar-refractivity contribution in [1.82, 2.24) is 0 Å². The van der Waals surface area contributed by atoms with E-state index in [1.54, 1.807) is 5.57 Å². The fourth-order valence-electron chi connectivity index (χ4n) is 9.11. The molecule has 0 saturated heterocycles. The van der Waals surface area contributed by atoms with Crippen LogP contribution in [-0.2, 0) is 4.79 Å². The number of carbonyl (C=O) groups excluding carboxylic acids is 1. The fraction of sp³-hybridized carbons (Fsp3) is 0.833. The monoisotopic (exact) mass is 440 g/mol. The Morgan fingerprint density at radius 2 is 1.88 bits per heavy atom. The highest BCUT2D eigenvalue weighted by Crippen LogP contribution is 2.67. The maximum absolute atomic E-state index is 11.5. The minimum atomic E-state index is -1.11. The van der Waals surface area contributed by atoms with Crippen LogP contribution in [0.3, 0.4) is 0 Å². The van der Waals surface area contributed by atoms with Crippen molar-refractivity contribution in [1.29, 1.82) is 0 Å². The summed E-state index contributed by atoms with van der Waals surface area (Å²) in [5.74, 6) is 4.72. The lowest BCUT2D eigenvalue weighted by Crippen LogP contribution is -2.52. The number of hydrogen-bond donors (Lipinski definition) is 1. The van der Waals surface area contributed by atoms with E-state index in [-0.39, 0.29) is 5.41 Å². The molecule has 32 heavy (non-hydrogen) atoms. The molecule has 8 atom stereocenters. The van der Waals surface area contributed by atoms with E-state index in [0.717, 1.165) is 42.3 Å². The van der Waals surface area contributed by atoms with E-state index < -0.39 is 5.60 Å². The molecule has 0 aromatic rings. The number of hydrogen-bond acceptors (Lipinski definition) is 2. The van der Waals surface area contributed by atoms with E-state index in [2.05, 4.69) is 53.7 Å². The van der Waals surface area contributed by atoms with Gasteiger partial charge < -0.3 is 9.90 Å². The van der Waals surface area contributed by atoms with E-state index in [1.165, 1.54) is 50.5 Å². The second kappa shape index (κ2) is 8.71. The van der Waals surface area contributed by atoms with Crippen LogP contribution in [0.5, 0.6) is 0 Å². The molecule has 4 rings (SSSR count). The summed E-state index contributed by atoms with van der Waals surface area (Å²) in [5.41, 5.74) is 2.59. The Kier molecular flexibility index (Phi) is 6.60. The zero-order valence-corrected chi connectivity index (χ0v) is 21.6. The van der Waals surface area contributed by atoms with Crippen LogP contribution >= 0.6 is 0 Å². The first-order valence-corrected chi connectivity index (χ1v) is 13.6. The molecule has 3 saturated carbocycles. The molecule has 0 unspecified atom stereocenters. The average Bonchev–Trinajstić information content (AvgIpc) is 3.11. The number of fused-ring (bicyclic) bond motifs is 5. The number of allylic oxidation sites excluding steroid dienone is 3. The molecule has 0 aliphatic heterocycles. The third kappa shape index (κ3) is 3.87. The SMILES string of the molecule is CC=C(CC[C@@H](C)[C@H]1CC[C@H]2[C@@H]3CC=C4C[C@@](O)(C=O)CC[C@]4(C)[C@H]3CC[C@]12C)C(C)C. The molecule has 1 N–H and O–H groups in total. The quantitative estimate of drug-likeness (QED) is 0.343. The largest absolute Gasteiger partial charge is 0.382 e. The first-order valence-electron chi connectivity index (χ1n) is 13.6. The van der Waals surface area contributed by atoms with Crippen molar-refractivity contribution in [2.75, 3.05) is 0 Å². The molecule has 0 radical (unpaired) electrons. The van der Waals surface area contributed by atoms with Crippen LogP contribution in [-0.4, -0.2) is 17.0 Å². The highest BCUT2D eigenvalue weighted by molar-refractivity contribution is 5.63. The van der Waals surface area contributed by atoms with Crippen LogP contribution in [0, 0.1) is 46.3 Å². The molecule has 0 bridgehead atoms. The summed E-state index contributed by atoms with van der Waals surface area (Å²) in [6, 6.07) is 0. The van der Waals surface area contributed by atoms with Crippen LogP contribution < -0.4 is 0 Å². The molecule has 0 amide bonds. The van der Waals surface area contributed by atoms with Crippen LogP contribution in [0.25, 0.3) is 0 Å². The number of aliphatic hydroxyl groups is 1. The average molecular weight is 441 g/mol. The van der Waals surface area contributed by atoms with Crippen molar-refractivity contribution < 1.29 is 9.90 Å². The molecule has 0 aromatic heterocycles. The summed E-state index contributed by atoms with van der Waals surface area (Å²) in [7, 11) is 0. The molecule has 2 heteroatoms. The Morgan fingerprint density at radius 1 is 1.12 bits per heavy atom. The zero-order chi connectivity index (χ0) is 23.3. The Labute approximate surface area is 197 Å². The summed E-state index contributed by atoms with van der Waals surface area (Å²) in [6.45, 7) is 14.5. The van der Waals surface area contributed by atoms with E-state index in [1.807, 2.05) is 0 Å². The normalized spacial score (nSPS) is 45.0. The zero-order valence-electron chi connectivity index (χ0n) is 21.6. The molecular weight excluding hydrogens is 392 g/mol. The Bertz CT molecular complexity index is 778. The third-order valence-electron chi connectivity index (χ3n) is 11.2. The first-order chi connectivity index (χ1) is 15.1. The molecular formula is C30H48O2. The predicted octanol–water partition coefficient (Wildman–Crippen LogP) is 7.51. The van der Waals surface area contributed by atoms with Gasteiger partial charge >= 0.3 is 0 Å². The first kappa shape index (κ1) is 24.2. The molecule has 4 aliphatic carbocycles. The number of carbonyl (C=O) groups is 1. The van der Waals surface area contributed by atoms with Crippen LogP contribution in [0.2, 0.25) is 0 Å². The lowest BCUT2D eigenvalue weighted by molar-refractivity contribution is -0.129. The summed E-state index contributed by atoms with van der Waals surface area (Å²) >= 11 is 0. The minimum Gasteiger partial charge on any atom is -0.382 e. The standard InChI is InChI=1S/C30H48O2/c1-7-22(20(2)3)9-8-21(4)25-12-13-26-24-11-10-23-18-30(32,19-31)17-16-28(23,5)27(24)14-15-29(25,26)6/h7,10,19-21,24-27,32H,8-9,11-18H2,1-6H3/t21-,24+,25-,26+,27+,28+,29-,30-/m1/s1. The summed E-state index contributed by atoms with van der Waals surface area (Å²) < 4.78 is 0. The Hall–Kier alpha value is -0.890. The van der Waals surface area contributed by atoms with Gasteiger partial charge in [0.05, 0.1) is 0 Å². The van der Waals surface area contributed by atoms with E-state index in [9.17, 15) is 9.90 Å². The third-order valence-corrected chi connectivity index (χ3v) is 11.2. The lowest BCUT2D eigenvalue weighted by atomic mass is 9.46. The molecule has 0 spiro atoms. The second-order valence-corrected chi connectivity index (χ2v) is 12.9. The van der Waals surface area contributed by atoms with E-state index in [0.29, 0.717) is 24.2 Å².